The molecule has 1 radical (unpaired) electrons. The summed E-state index contributed by atoms with van der Waals surface area (Å²) in [4.78, 5) is 0. The summed E-state index contributed by atoms with van der Waals surface area (Å²) in [6, 6.07) is 0. The summed E-state index contributed by atoms with van der Waals surface area (Å²) in [6.07, 6.45) is 23.5. The molecule has 0 aromatic heterocycles. The van der Waals surface area contributed by atoms with Crippen LogP contribution in [0.1, 0.15) is 12.8 Å². The lowest BCUT2D eigenvalue weighted by atomic mass is 10.2. The molecule has 1 aliphatic carbocycles. The van der Waals surface area contributed by atoms with Crippen LogP contribution in [0.5, 0.6) is 0 Å². The van der Waals surface area contributed by atoms with Crippen LogP contribution in [0, 0.1) is 6.08 Å². The van der Waals surface area contributed by atoms with Gasteiger partial charge in [-0.2, -0.15) is 0 Å². The molecule has 0 fully saturated rings. The molecule has 0 aliphatic heterocycles. The van der Waals surface area contributed by atoms with E-state index >= 15 is 0 Å². The van der Waals surface area contributed by atoms with Crippen LogP contribution >= 0.6 is 0 Å². The Kier molecular flexibility index (Phi) is 4.70. The van der Waals surface area contributed by atoms with Crippen LogP contribution in [0.15, 0.2) is 54.7 Å². The second-order valence-electron chi connectivity index (χ2n) is 2.47. The largest absolute Gasteiger partial charge is 0.0807 e. The molecule has 0 saturated carbocycles. The standard InChI is InChI=1S/C12H13/c1-2-4-6-8-10-12-11-9-7-5-3-1/h1-8,11H,9-10H2. The van der Waals surface area contributed by atoms with Gasteiger partial charge in [0.2, 0.25) is 0 Å². The lowest BCUT2D eigenvalue weighted by Gasteiger charge is -1.82. The van der Waals surface area contributed by atoms with Crippen molar-refractivity contribution in [2.24, 2.45) is 0 Å². The third kappa shape index (κ3) is 4.51. The van der Waals surface area contributed by atoms with Crippen LogP contribution in [-0.4, -0.2) is 0 Å². The van der Waals surface area contributed by atoms with Crippen molar-refractivity contribution in [2.75, 3.05) is 0 Å². The monoisotopic (exact) mass is 157 g/mol. The predicted octanol–water partition coefficient (Wildman–Crippen LogP) is 3.36. The van der Waals surface area contributed by atoms with Gasteiger partial charge in [0.25, 0.3) is 0 Å². The molecule has 0 spiro atoms. The molecule has 0 nitrogen and oxygen atoms in total. The van der Waals surface area contributed by atoms with E-state index in [0.29, 0.717) is 0 Å². The van der Waals surface area contributed by atoms with Crippen LogP contribution in [0.25, 0.3) is 0 Å². The lowest BCUT2D eigenvalue weighted by molar-refractivity contribution is 1.27. The molecule has 0 aromatic rings. The van der Waals surface area contributed by atoms with Crippen molar-refractivity contribution in [1.29, 1.82) is 0 Å². The molecule has 1 rings (SSSR count). The first kappa shape index (κ1) is 8.79. The number of hydrogen-bond acceptors (Lipinski definition) is 0. The van der Waals surface area contributed by atoms with E-state index in [4.69, 9.17) is 0 Å². The van der Waals surface area contributed by atoms with Gasteiger partial charge >= 0.3 is 0 Å². The summed E-state index contributed by atoms with van der Waals surface area (Å²) in [7, 11) is 0. The topological polar surface area (TPSA) is 0 Å². The highest BCUT2D eigenvalue weighted by Gasteiger charge is 1.73. The van der Waals surface area contributed by atoms with Gasteiger partial charge in [-0.25, -0.2) is 0 Å². The van der Waals surface area contributed by atoms with E-state index in [-0.39, 0.29) is 0 Å². The summed E-state index contributed by atoms with van der Waals surface area (Å²) in [5.41, 5.74) is 0. The molecule has 12 heavy (non-hydrogen) atoms. The second-order valence-corrected chi connectivity index (χ2v) is 2.47. The Morgan fingerprint density at radius 2 is 1.42 bits per heavy atom. The van der Waals surface area contributed by atoms with Crippen LogP contribution in [0.2, 0.25) is 0 Å². The SMILES string of the molecule is [C]1=CCC=CC=CC=CC=CC1. The third-order valence-corrected chi connectivity index (χ3v) is 1.46. The van der Waals surface area contributed by atoms with Gasteiger partial charge in [-0.3, -0.25) is 0 Å². The average Bonchev–Trinajstić information content (AvgIpc) is 2.05. The normalized spacial score (nSPS) is 17.3. The molecular weight excluding hydrogens is 144 g/mol. The van der Waals surface area contributed by atoms with Crippen molar-refractivity contribution in [2.45, 2.75) is 12.8 Å². The summed E-state index contributed by atoms with van der Waals surface area (Å²) in [5, 5.41) is 0. The number of hydrogen-bond donors (Lipinski definition) is 0. The third-order valence-electron chi connectivity index (χ3n) is 1.46. The number of rotatable bonds is 0. The first-order valence-electron chi connectivity index (χ1n) is 4.20. The fourth-order valence-electron chi connectivity index (χ4n) is 0.863. The zero-order valence-electron chi connectivity index (χ0n) is 7.11. The highest BCUT2D eigenvalue weighted by Crippen LogP contribution is 1.92. The summed E-state index contributed by atoms with van der Waals surface area (Å²) < 4.78 is 0. The van der Waals surface area contributed by atoms with E-state index in [1.165, 1.54) is 0 Å². The minimum Gasteiger partial charge on any atom is -0.0807 e. The molecule has 0 unspecified atom stereocenters. The first-order chi connectivity index (χ1) is 6.00. The first-order valence-corrected chi connectivity index (χ1v) is 4.20. The van der Waals surface area contributed by atoms with Gasteiger partial charge in [-0.15, -0.1) is 0 Å². The van der Waals surface area contributed by atoms with Gasteiger partial charge in [-0.1, -0.05) is 54.7 Å². The predicted molar refractivity (Wildman–Crippen MR) is 53.6 cm³/mol. The Morgan fingerprint density at radius 1 is 0.750 bits per heavy atom. The maximum absolute atomic E-state index is 3.18. The Labute approximate surface area is 74.3 Å². The lowest BCUT2D eigenvalue weighted by Crippen LogP contribution is -1.63. The molecule has 0 heterocycles. The van der Waals surface area contributed by atoms with E-state index in [2.05, 4.69) is 24.3 Å². The van der Waals surface area contributed by atoms with Crippen LogP contribution in [-0.2, 0) is 0 Å². The van der Waals surface area contributed by atoms with Gasteiger partial charge < -0.3 is 0 Å². The van der Waals surface area contributed by atoms with E-state index in [1.54, 1.807) is 0 Å². The smallest absolute Gasteiger partial charge is 0.00946 e. The van der Waals surface area contributed by atoms with E-state index in [9.17, 15) is 0 Å². The molecule has 0 atom stereocenters. The van der Waals surface area contributed by atoms with Crippen molar-refractivity contribution < 1.29 is 0 Å². The van der Waals surface area contributed by atoms with E-state index < -0.39 is 0 Å². The Hall–Kier alpha value is -1.30. The van der Waals surface area contributed by atoms with Crippen molar-refractivity contribution in [1.82, 2.24) is 0 Å². The fourth-order valence-corrected chi connectivity index (χ4v) is 0.863. The van der Waals surface area contributed by atoms with Crippen molar-refractivity contribution >= 4 is 0 Å². The van der Waals surface area contributed by atoms with Gasteiger partial charge in [0.05, 0.1) is 0 Å². The second kappa shape index (κ2) is 6.41. The average molecular weight is 157 g/mol. The summed E-state index contributed by atoms with van der Waals surface area (Å²) in [6.45, 7) is 0. The molecule has 0 heteroatoms. The van der Waals surface area contributed by atoms with E-state index in [1.807, 2.05) is 36.5 Å². The van der Waals surface area contributed by atoms with Gasteiger partial charge in [-0.05, 0) is 18.9 Å². The fraction of sp³-hybridized carbons (Fsp3) is 0.167. The van der Waals surface area contributed by atoms with Crippen molar-refractivity contribution in [3.8, 4) is 0 Å². The van der Waals surface area contributed by atoms with Crippen LogP contribution in [0.3, 0.4) is 0 Å². The minimum absolute atomic E-state index is 0.905. The van der Waals surface area contributed by atoms with Crippen molar-refractivity contribution in [3.05, 3.63) is 60.8 Å². The maximum atomic E-state index is 3.18. The maximum Gasteiger partial charge on any atom is -0.00946 e. The zero-order valence-corrected chi connectivity index (χ0v) is 7.11. The van der Waals surface area contributed by atoms with Gasteiger partial charge in [0, 0.05) is 0 Å². The molecule has 1 aliphatic rings. The minimum atomic E-state index is 0.905. The molecule has 0 saturated heterocycles. The van der Waals surface area contributed by atoms with Gasteiger partial charge in [0.1, 0.15) is 0 Å². The van der Waals surface area contributed by atoms with Crippen LogP contribution < -0.4 is 0 Å². The van der Waals surface area contributed by atoms with Crippen LogP contribution in [0.4, 0.5) is 0 Å². The van der Waals surface area contributed by atoms with E-state index in [0.717, 1.165) is 12.8 Å². The summed E-state index contributed by atoms with van der Waals surface area (Å²) >= 11 is 0. The Morgan fingerprint density at radius 3 is 2.25 bits per heavy atom. The molecule has 0 bridgehead atoms. The summed E-state index contributed by atoms with van der Waals surface area (Å²) in [5.74, 6) is 0. The molecular formula is C12H13. The Bertz CT molecular complexity index is 211. The zero-order chi connectivity index (χ0) is 8.49. The highest BCUT2D eigenvalue weighted by molar-refractivity contribution is 5.16. The Balaban J connectivity index is 2.55. The number of allylic oxidation sites excluding steroid dienone is 10. The molecule has 0 aromatic carbocycles. The molecule has 0 amide bonds. The quantitative estimate of drug-likeness (QED) is 0.505. The molecule has 61 valence electrons. The van der Waals surface area contributed by atoms with Crippen molar-refractivity contribution in [3.63, 3.8) is 0 Å². The molecule has 0 N–H and O–H groups in total. The highest BCUT2D eigenvalue weighted by atomic mass is 13.8. The van der Waals surface area contributed by atoms with Gasteiger partial charge in [0.15, 0.2) is 0 Å².